The lowest BCUT2D eigenvalue weighted by Gasteiger charge is -2.11. The Morgan fingerprint density at radius 3 is 2.41 bits per heavy atom. The monoisotopic (exact) mass is 362 g/mol. The van der Waals surface area contributed by atoms with Crippen LogP contribution in [0.3, 0.4) is 0 Å². The number of likely N-dealkylation sites (tertiary alicyclic amines) is 1. The minimum absolute atomic E-state index is 0.151. The van der Waals surface area contributed by atoms with Crippen molar-refractivity contribution >= 4 is 11.8 Å². The summed E-state index contributed by atoms with van der Waals surface area (Å²) in [5.41, 5.74) is 3.25. The molecule has 27 heavy (non-hydrogen) atoms. The first-order valence-corrected chi connectivity index (χ1v) is 8.63. The first-order valence-electron chi connectivity index (χ1n) is 8.63. The first-order chi connectivity index (χ1) is 13.2. The standard InChI is InChI=1S/C20H18N4O3/c1-27-18-8-7-16(12-21-18)24-17(14-5-3-2-4-6-14)11-15(22-24)13-23-19(25)9-10-20(23)26/h2-8,11-12H,9-10,13H2,1H3. The topological polar surface area (TPSA) is 77.3 Å². The molecule has 2 aromatic heterocycles. The Morgan fingerprint density at radius 1 is 1.04 bits per heavy atom. The number of methoxy groups -OCH3 is 1. The van der Waals surface area contributed by atoms with E-state index in [4.69, 9.17) is 4.74 Å². The number of hydrogen-bond acceptors (Lipinski definition) is 5. The van der Waals surface area contributed by atoms with Gasteiger partial charge in [-0.05, 0) is 12.1 Å². The van der Waals surface area contributed by atoms with E-state index in [2.05, 4.69) is 10.1 Å². The van der Waals surface area contributed by atoms with Crippen molar-refractivity contribution in [3.8, 4) is 22.8 Å². The number of hydrogen-bond donors (Lipinski definition) is 0. The Bertz CT molecular complexity index is 964. The van der Waals surface area contributed by atoms with Crippen LogP contribution < -0.4 is 4.74 Å². The number of benzene rings is 1. The summed E-state index contributed by atoms with van der Waals surface area (Å²) in [4.78, 5) is 29.4. The number of carbonyl (C=O) groups excluding carboxylic acids is 2. The molecule has 1 aliphatic heterocycles. The van der Waals surface area contributed by atoms with Gasteiger partial charge in [-0.2, -0.15) is 5.10 Å². The number of rotatable bonds is 5. The number of ether oxygens (including phenoxy) is 1. The number of carbonyl (C=O) groups is 2. The molecule has 7 heteroatoms. The molecule has 136 valence electrons. The summed E-state index contributed by atoms with van der Waals surface area (Å²) in [6.07, 6.45) is 2.22. The summed E-state index contributed by atoms with van der Waals surface area (Å²) < 4.78 is 6.88. The fraction of sp³-hybridized carbons (Fsp3) is 0.200. The third kappa shape index (κ3) is 3.31. The molecule has 0 radical (unpaired) electrons. The maximum Gasteiger partial charge on any atom is 0.230 e. The van der Waals surface area contributed by atoms with Crippen LogP contribution in [0.1, 0.15) is 18.5 Å². The third-order valence-electron chi connectivity index (χ3n) is 4.48. The molecule has 0 spiro atoms. The SMILES string of the molecule is COc1ccc(-n2nc(CN3C(=O)CCC3=O)cc2-c2ccccc2)cn1. The van der Waals surface area contributed by atoms with Crippen molar-refractivity contribution < 1.29 is 14.3 Å². The van der Waals surface area contributed by atoms with Crippen molar-refractivity contribution in [3.63, 3.8) is 0 Å². The van der Waals surface area contributed by atoms with Crippen LogP contribution in [0.15, 0.2) is 54.7 Å². The van der Waals surface area contributed by atoms with Gasteiger partial charge >= 0.3 is 0 Å². The second-order valence-electron chi connectivity index (χ2n) is 6.23. The number of aromatic nitrogens is 3. The van der Waals surface area contributed by atoms with Crippen molar-refractivity contribution in [3.05, 3.63) is 60.4 Å². The second-order valence-corrected chi connectivity index (χ2v) is 6.23. The summed E-state index contributed by atoms with van der Waals surface area (Å²) in [7, 11) is 1.56. The van der Waals surface area contributed by atoms with Gasteiger partial charge in [-0.3, -0.25) is 14.5 Å². The Balaban J connectivity index is 1.75. The molecule has 2 amide bonds. The van der Waals surface area contributed by atoms with Gasteiger partial charge in [-0.15, -0.1) is 0 Å². The summed E-state index contributed by atoms with van der Waals surface area (Å²) in [5, 5.41) is 4.63. The molecular formula is C20H18N4O3. The molecule has 0 unspecified atom stereocenters. The van der Waals surface area contributed by atoms with Crippen LogP contribution in [-0.2, 0) is 16.1 Å². The molecule has 0 bridgehead atoms. The Morgan fingerprint density at radius 2 is 1.78 bits per heavy atom. The second kappa shape index (κ2) is 7.03. The zero-order valence-corrected chi connectivity index (χ0v) is 14.8. The van der Waals surface area contributed by atoms with E-state index >= 15 is 0 Å². The van der Waals surface area contributed by atoms with Crippen molar-refractivity contribution in [1.29, 1.82) is 0 Å². The lowest BCUT2D eigenvalue weighted by atomic mass is 10.1. The van der Waals surface area contributed by atoms with Gasteiger partial charge in [0.15, 0.2) is 0 Å². The minimum atomic E-state index is -0.151. The molecule has 1 aliphatic rings. The Labute approximate surface area is 156 Å². The lowest BCUT2D eigenvalue weighted by Crippen LogP contribution is -2.28. The average Bonchev–Trinajstić information content (AvgIpc) is 3.27. The summed E-state index contributed by atoms with van der Waals surface area (Å²) in [5.74, 6) is 0.213. The average molecular weight is 362 g/mol. The third-order valence-corrected chi connectivity index (χ3v) is 4.48. The van der Waals surface area contributed by atoms with Gasteiger partial charge in [0.05, 0.1) is 36.9 Å². The molecule has 4 rings (SSSR count). The van der Waals surface area contributed by atoms with Gasteiger partial charge < -0.3 is 4.74 Å². The highest BCUT2D eigenvalue weighted by atomic mass is 16.5. The molecule has 0 atom stereocenters. The molecule has 3 aromatic rings. The van der Waals surface area contributed by atoms with Gasteiger partial charge in [-0.25, -0.2) is 9.67 Å². The first kappa shape index (κ1) is 17.0. The van der Waals surface area contributed by atoms with Gasteiger partial charge in [-0.1, -0.05) is 30.3 Å². The number of amides is 2. The van der Waals surface area contributed by atoms with Gasteiger partial charge in [0.25, 0.3) is 0 Å². The van der Waals surface area contributed by atoms with Crippen molar-refractivity contribution in [2.24, 2.45) is 0 Å². The molecule has 0 aliphatic carbocycles. The largest absolute Gasteiger partial charge is 0.481 e. The maximum atomic E-state index is 11.9. The van der Waals surface area contributed by atoms with Gasteiger partial charge in [0.1, 0.15) is 0 Å². The van der Waals surface area contributed by atoms with E-state index in [0.29, 0.717) is 11.6 Å². The van der Waals surface area contributed by atoms with Crippen LogP contribution in [0.5, 0.6) is 5.88 Å². The molecule has 1 saturated heterocycles. The normalized spacial score (nSPS) is 14.0. The quantitative estimate of drug-likeness (QED) is 0.652. The van der Waals surface area contributed by atoms with Crippen molar-refractivity contribution in [2.75, 3.05) is 7.11 Å². The van der Waals surface area contributed by atoms with Crippen LogP contribution in [-0.4, -0.2) is 38.6 Å². The van der Waals surface area contributed by atoms with Gasteiger partial charge in [0.2, 0.25) is 17.7 Å². The van der Waals surface area contributed by atoms with Crippen LogP contribution in [0.2, 0.25) is 0 Å². The Kier molecular flexibility index (Phi) is 4.42. The predicted octanol–water partition coefficient (Wildman–Crippen LogP) is 2.59. The molecule has 1 aromatic carbocycles. The van der Waals surface area contributed by atoms with Crippen LogP contribution in [0, 0.1) is 0 Å². The minimum Gasteiger partial charge on any atom is -0.481 e. The van der Waals surface area contributed by atoms with Gasteiger partial charge in [0, 0.05) is 24.5 Å². The highest BCUT2D eigenvalue weighted by Gasteiger charge is 2.29. The number of pyridine rings is 1. The molecular weight excluding hydrogens is 344 g/mol. The highest BCUT2D eigenvalue weighted by Crippen LogP contribution is 2.26. The number of nitrogens with zero attached hydrogens (tertiary/aromatic N) is 4. The fourth-order valence-electron chi connectivity index (χ4n) is 3.10. The molecule has 1 fully saturated rings. The van der Waals surface area contributed by atoms with E-state index in [1.54, 1.807) is 24.1 Å². The molecule has 7 nitrogen and oxygen atoms in total. The van der Waals surface area contributed by atoms with E-state index in [1.807, 2.05) is 42.5 Å². The smallest absolute Gasteiger partial charge is 0.230 e. The van der Waals surface area contributed by atoms with E-state index in [1.165, 1.54) is 4.90 Å². The summed E-state index contributed by atoms with van der Waals surface area (Å²) in [6.45, 7) is 0.175. The molecule has 0 saturated carbocycles. The fourth-order valence-corrected chi connectivity index (χ4v) is 3.10. The Hall–Kier alpha value is -3.48. The highest BCUT2D eigenvalue weighted by molar-refractivity contribution is 6.01. The van der Waals surface area contributed by atoms with Crippen molar-refractivity contribution in [1.82, 2.24) is 19.7 Å². The zero-order chi connectivity index (χ0) is 18.8. The van der Waals surface area contributed by atoms with E-state index in [9.17, 15) is 9.59 Å². The predicted molar refractivity (Wildman–Crippen MR) is 98.1 cm³/mol. The van der Waals surface area contributed by atoms with E-state index < -0.39 is 0 Å². The molecule has 0 N–H and O–H groups in total. The maximum absolute atomic E-state index is 11.9. The number of imide groups is 1. The van der Waals surface area contributed by atoms with Crippen molar-refractivity contribution in [2.45, 2.75) is 19.4 Å². The zero-order valence-electron chi connectivity index (χ0n) is 14.8. The van der Waals surface area contributed by atoms with Crippen LogP contribution in [0.25, 0.3) is 16.9 Å². The summed E-state index contributed by atoms with van der Waals surface area (Å²) >= 11 is 0. The van der Waals surface area contributed by atoms with Crippen LogP contribution >= 0.6 is 0 Å². The lowest BCUT2D eigenvalue weighted by molar-refractivity contribution is -0.139. The van der Waals surface area contributed by atoms with E-state index in [0.717, 1.165) is 16.9 Å². The van der Waals surface area contributed by atoms with Crippen LogP contribution in [0.4, 0.5) is 0 Å². The molecule has 3 heterocycles. The van der Waals surface area contributed by atoms with E-state index in [-0.39, 0.29) is 31.2 Å². The summed E-state index contributed by atoms with van der Waals surface area (Å²) in [6, 6.07) is 15.3.